The van der Waals surface area contributed by atoms with Crippen LogP contribution in [0.4, 0.5) is 8.78 Å². The van der Waals surface area contributed by atoms with Crippen molar-refractivity contribution >= 4 is 0 Å². The van der Waals surface area contributed by atoms with E-state index in [1.807, 2.05) is 18.2 Å². The van der Waals surface area contributed by atoms with Crippen LogP contribution in [-0.4, -0.2) is 23.5 Å². The Kier molecular flexibility index (Phi) is 8.29. The Bertz CT molecular complexity index is 940. The maximum atomic E-state index is 15.0. The first-order chi connectivity index (χ1) is 15.7. The van der Waals surface area contributed by atoms with Gasteiger partial charge in [0.15, 0.2) is 0 Å². The van der Waals surface area contributed by atoms with Crippen molar-refractivity contribution in [1.29, 1.82) is 5.26 Å². The monoisotopic (exact) mass is 452 g/mol. The summed E-state index contributed by atoms with van der Waals surface area (Å²) in [6.45, 7) is 9.26. The Balaban J connectivity index is 0.000000968. The van der Waals surface area contributed by atoms with Gasteiger partial charge in [-0.05, 0) is 88.0 Å². The molecular formula is C29H38F2N2. The second kappa shape index (κ2) is 10.8. The van der Waals surface area contributed by atoms with E-state index in [1.165, 1.54) is 12.5 Å². The van der Waals surface area contributed by atoms with Gasteiger partial charge < -0.3 is 0 Å². The molecule has 0 saturated heterocycles. The van der Waals surface area contributed by atoms with Gasteiger partial charge in [-0.15, -0.1) is 0 Å². The predicted octanol–water partition coefficient (Wildman–Crippen LogP) is 7.41. The average Bonchev–Trinajstić information content (AvgIpc) is 3.72. The highest BCUT2D eigenvalue weighted by Crippen LogP contribution is 2.58. The van der Waals surface area contributed by atoms with Gasteiger partial charge in [-0.25, -0.2) is 8.78 Å². The molecule has 4 heteroatoms. The summed E-state index contributed by atoms with van der Waals surface area (Å²) in [7, 11) is 0. The molecule has 0 aliphatic heterocycles. The number of hydrogen-bond donors (Lipinski definition) is 0. The van der Waals surface area contributed by atoms with Gasteiger partial charge in [0.1, 0.15) is 11.3 Å². The zero-order valence-corrected chi connectivity index (χ0v) is 20.6. The summed E-state index contributed by atoms with van der Waals surface area (Å²) < 4.78 is 29.7. The predicted molar refractivity (Wildman–Crippen MR) is 132 cm³/mol. The van der Waals surface area contributed by atoms with Gasteiger partial charge in [0.2, 0.25) is 0 Å². The number of rotatable bonds is 10. The maximum absolute atomic E-state index is 15.0. The summed E-state index contributed by atoms with van der Waals surface area (Å²) in [5.41, 5.74) is 1.21. The molecule has 0 spiro atoms. The fourth-order valence-electron chi connectivity index (χ4n) is 4.70. The summed E-state index contributed by atoms with van der Waals surface area (Å²) in [4.78, 5) is 2.56. The first-order valence-electron chi connectivity index (χ1n) is 12.3. The fourth-order valence-corrected chi connectivity index (χ4v) is 4.70. The topological polar surface area (TPSA) is 27.0 Å². The maximum Gasteiger partial charge on any atom is 0.136 e. The fraction of sp³-hybridized carbons (Fsp3) is 0.552. The van der Waals surface area contributed by atoms with E-state index in [0.29, 0.717) is 48.9 Å². The molecule has 2 aromatic carbocycles. The quantitative estimate of drug-likeness (QED) is 0.375. The standard InChI is InChI=1S/C27H35F2N.C2H3N/c1-20(2)30(18-13-22-7-5-4-6-8-22)21(3)9-10-23-11-12-24(26(28)14-15-26)25(19-23)27(29)16-17-27;1-2-3/h4-8,11-12,19-21H,9-10,13-18H2,1-3H3;1H3. The van der Waals surface area contributed by atoms with Crippen LogP contribution < -0.4 is 0 Å². The van der Waals surface area contributed by atoms with Gasteiger partial charge in [0.25, 0.3) is 0 Å². The number of aryl methyl sites for hydroxylation is 1. The molecule has 4 rings (SSSR count). The first-order valence-corrected chi connectivity index (χ1v) is 12.3. The molecule has 2 saturated carbocycles. The van der Waals surface area contributed by atoms with Crippen LogP contribution in [0.15, 0.2) is 48.5 Å². The van der Waals surface area contributed by atoms with Crippen LogP contribution in [0.1, 0.15) is 82.1 Å². The third-order valence-electron chi connectivity index (χ3n) is 7.01. The normalized spacial score (nSPS) is 18.3. The van der Waals surface area contributed by atoms with Gasteiger partial charge in [0, 0.05) is 25.6 Å². The number of nitrogens with zero attached hydrogens (tertiary/aromatic N) is 2. The first kappa shape index (κ1) is 25.4. The van der Waals surface area contributed by atoms with Crippen molar-refractivity contribution < 1.29 is 8.78 Å². The molecule has 0 N–H and O–H groups in total. The van der Waals surface area contributed by atoms with E-state index in [-0.39, 0.29) is 0 Å². The molecule has 0 amide bonds. The van der Waals surface area contributed by atoms with E-state index < -0.39 is 11.3 Å². The molecular weight excluding hydrogens is 414 g/mol. The van der Waals surface area contributed by atoms with Crippen LogP contribution in [0.5, 0.6) is 0 Å². The lowest BCUT2D eigenvalue weighted by atomic mass is 9.92. The van der Waals surface area contributed by atoms with Crippen LogP contribution in [0, 0.1) is 11.3 Å². The van der Waals surface area contributed by atoms with Crippen LogP contribution in [0.25, 0.3) is 0 Å². The van der Waals surface area contributed by atoms with E-state index in [4.69, 9.17) is 5.26 Å². The molecule has 1 atom stereocenters. The molecule has 2 aliphatic rings. The second-order valence-electron chi connectivity index (χ2n) is 9.99. The van der Waals surface area contributed by atoms with E-state index in [2.05, 4.69) is 56.0 Å². The van der Waals surface area contributed by atoms with Gasteiger partial charge in [0.05, 0.1) is 6.07 Å². The average molecular weight is 453 g/mol. The summed E-state index contributed by atoms with van der Waals surface area (Å²) in [6.07, 6.45) is 5.12. The van der Waals surface area contributed by atoms with Crippen molar-refractivity contribution in [2.45, 2.75) is 96.1 Å². The molecule has 0 radical (unpaired) electrons. The van der Waals surface area contributed by atoms with E-state index in [0.717, 1.165) is 31.4 Å². The molecule has 0 aromatic heterocycles. The van der Waals surface area contributed by atoms with Crippen molar-refractivity contribution in [1.82, 2.24) is 4.90 Å². The molecule has 2 fully saturated rings. The van der Waals surface area contributed by atoms with Crippen molar-refractivity contribution in [2.75, 3.05) is 6.54 Å². The number of halogens is 2. The van der Waals surface area contributed by atoms with Gasteiger partial charge >= 0.3 is 0 Å². The summed E-state index contributed by atoms with van der Waals surface area (Å²) in [5.74, 6) is 0. The minimum absolute atomic E-state index is 0.438. The lowest BCUT2D eigenvalue weighted by Crippen LogP contribution is -2.40. The lowest BCUT2D eigenvalue weighted by molar-refractivity contribution is 0.158. The van der Waals surface area contributed by atoms with Crippen LogP contribution in [0.2, 0.25) is 0 Å². The molecule has 2 aromatic rings. The highest BCUT2D eigenvalue weighted by atomic mass is 19.1. The minimum atomic E-state index is -1.28. The molecule has 33 heavy (non-hydrogen) atoms. The van der Waals surface area contributed by atoms with Gasteiger partial charge in [-0.2, -0.15) is 5.26 Å². The lowest BCUT2D eigenvalue weighted by Gasteiger charge is -2.33. The summed E-state index contributed by atoms with van der Waals surface area (Å²) in [6, 6.07) is 19.2. The van der Waals surface area contributed by atoms with Crippen LogP contribution in [-0.2, 0) is 24.2 Å². The SMILES string of the molecule is CC#N.CC(C)N(CCc1ccccc1)C(C)CCc1ccc(C2(F)CC2)c(C2(F)CC2)c1. The summed E-state index contributed by atoms with van der Waals surface area (Å²) in [5, 5.41) is 7.32. The number of benzene rings is 2. The molecule has 0 bridgehead atoms. The molecule has 2 nitrogen and oxygen atoms in total. The van der Waals surface area contributed by atoms with Crippen molar-refractivity contribution in [3.8, 4) is 6.07 Å². The highest BCUT2D eigenvalue weighted by molar-refractivity contribution is 5.44. The van der Waals surface area contributed by atoms with E-state index >= 15 is 0 Å². The van der Waals surface area contributed by atoms with Gasteiger partial charge in [-0.1, -0.05) is 48.5 Å². The zero-order chi connectivity index (χ0) is 24.1. The smallest absolute Gasteiger partial charge is 0.136 e. The number of alkyl halides is 2. The largest absolute Gasteiger partial charge is 0.298 e. The number of hydrogen-bond acceptors (Lipinski definition) is 2. The van der Waals surface area contributed by atoms with Crippen LogP contribution in [0.3, 0.4) is 0 Å². The van der Waals surface area contributed by atoms with E-state index in [9.17, 15) is 8.78 Å². The van der Waals surface area contributed by atoms with Crippen molar-refractivity contribution in [3.05, 3.63) is 70.8 Å². The third kappa shape index (κ3) is 6.64. The van der Waals surface area contributed by atoms with Crippen LogP contribution >= 0.6 is 0 Å². The van der Waals surface area contributed by atoms with Crippen molar-refractivity contribution in [2.24, 2.45) is 0 Å². The Labute approximate surface area is 198 Å². The Hall–Kier alpha value is -2.25. The Morgan fingerprint density at radius 3 is 2.00 bits per heavy atom. The van der Waals surface area contributed by atoms with Crippen molar-refractivity contribution in [3.63, 3.8) is 0 Å². The Morgan fingerprint density at radius 1 is 0.879 bits per heavy atom. The molecule has 1 unspecified atom stereocenters. The van der Waals surface area contributed by atoms with E-state index in [1.54, 1.807) is 6.07 Å². The Morgan fingerprint density at radius 2 is 1.45 bits per heavy atom. The second-order valence-corrected chi connectivity index (χ2v) is 9.99. The minimum Gasteiger partial charge on any atom is -0.298 e. The zero-order valence-electron chi connectivity index (χ0n) is 20.6. The van der Waals surface area contributed by atoms with Gasteiger partial charge in [-0.3, -0.25) is 4.90 Å². The molecule has 178 valence electrons. The summed E-state index contributed by atoms with van der Waals surface area (Å²) >= 11 is 0. The molecule has 0 heterocycles. The highest BCUT2D eigenvalue weighted by Gasteiger charge is 2.53. The number of nitriles is 1. The third-order valence-corrected chi connectivity index (χ3v) is 7.01. The molecule has 2 aliphatic carbocycles.